The van der Waals surface area contributed by atoms with Crippen LogP contribution < -0.4 is 0 Å². The molecule has 5 heteroatoms. The van der Waals surface area contributed by atoms with Crippen molar-refractivity contribution in [3.8, 4) is 0 Å². The quantitative estimate of drug-likeness (QED) is 0.339. The van der Waals surface area contributed by atoms with E-state index in [1.165, 1.54) is 0 Å². The van der Waals surface area contributed by atoms with E-state index in [9.17, 15) is 19.8 Å². The predicted octanol–water partition coefficient (Wildman–Crippen LogP) is 3.87. The number of rotatable bonds is 13. The lowest BCUT2D eigenvalue weighted by Gasteiger charge is -2.22. The summed E-state index contributed by atoms with van der Waals surface area (Å²) in [7, 11) is 0. The highest BCUT2D eigenvalue weighted by Crippen LogP contribution is 2.34. The zero-order chi connectivity index (χ0) is 19.6. The second-order valence-electron chi connectivity index (χ2n) is 8.00. The molecule has 1 unspecified atom stereocenters. The van der Waals surface area contributed by atoms with E-state index < -0.39 is 17.7 Å². The summed E-state index contributed by atoms with van der Waals surface area (Å²) in [4.78, 5) is 22.7. The van der Waals surface area contributed by atoms with E-state index >= 15 is 0 Å². The van der Waals surface area contributed by atoms with E-state index in [0.717, 1.165) is 44.9 Å². The van der Waals surface area contributed by atoms with Crippen LogP contribution in [0.2, 0.25) is 0 Å². The molecule has 0 radical (unpaired) electrons. The third-order valence-electron chi connectivity index (χ3n) is 5.37. The zero-order valence-electron chi connectivity index (χ0n) is 16.3. The number of aliphatic hydroxyl groups excluding tert-OH is 1. The molecular formula is C21H36O5. The normalized spacial score (nSPS) is 25.7. The van der Waals surface area contributed by atoms with Gasteiger partial charge in [-0.3, -0.25) is 9.59 Å². The molecule has 0 bridgehead atoms. The maximum atomic E-state index is 12.2. The molecule has 0 saturated heterocycles. The minimum atomic E-state index is -0.765. The second-order valence-corrected chi connectivity index (χ2v) is 8.00. The van der Waals surface area contributed by atoms with Gasteiger partial charge in [0.05, 0.1) is 11.7 Å². The fraction of sp³-hybridized carbons (Fsp3) is 0.810. The molecular weight excluding hydrogens is 332 g/mol. The van der Waals surface area contributed by atoms with E-state index in [1.807, 2.05) is 19.1 Å². The summed E-state index contributed by atoms with van der Waals surface area (Å²) in [5.74, 6) is -0.959. The zero-order valence-corrected chi connectivity index (χ0v) is 16.3. The summed E-state index contributed by atoms with van der Waals surface area (Å²) < 4.78 is 0. The van der Waals surface area contributed by atoms with Crippen molar-refractivity contribution in [2.75, 3.05) is 0 Å². The third-order valence-corrected chi connectivity index (χ3v) is 5.37. The van der Waals surface area contributed by atoms with Gasteiger partial charge in [0.1, 0.15) is 5.78 Å². The second kappa shape index (κ2) is 11.5. The Hall–Kier alpha value is -1.20. The summed E-state index contributed by atoms with van der Waals surface area (Å²) in [6.07, 6.45) is 11.0. The van der Waals surface area contributed by atoms with Gasteiger partial charge in [-0.2, -0.15) is 0 Å². The van der Waals surface area contributed by atoms with Gasteiger partial charge < -0.3 is 15.3 Å². The van der Waals surface area contributed by atoms with Gasteiger partial charge >= 0.3 is 5.97 Å². The Morgan fingerprint density at radius 2 is 1.92 bits per heavy atom. The molecule has 0 aromatic rings. The number of Topliss-reactive ketones (excluding diaryl/α,β-unsaturated/α-hetero) is 1. The number of ketones is 1. The largest absolute Gasteiger partial charge is 0.481 e. The Kier molecular flexibility index (Phi) is 10.1. The topological polar surface area (TPSA) is 94.8 Å². The van der Waals surface area contributed by atoms with Crippen molar-refractivity contribution in [3.63, 3.8) is 0 Å². The number of carbonyl (C=O) groups is 2. The summed E-state index contributed by atoms with van der Waals surface area (Å²) in [6, 6.07) is 0. The molecule has 0 aromatic heterocycles. The van der Waals surface area contributed by atoms with Crippen LogP contribution in [-0.4, -0.2) is 38.8 Å². The van der Waals surface area contributed by atoms with Gasteiger partial charge in [0.2, 0.25) is 0 Å². The lowest BCUT2D eigenvalue weighted by molar-refractivity contribution is -0.137. The number of carbonyl (C=O) groups excluding carboxylic acids is 1. The highest BCUT2D eigenvalue weighted by molar-refractivity contribution is 5.84. The number of aliphatic carboxylic acids is 1. The van der Waals surface area contributed by atoms with Gasteiger partial charge in [0.15, 0.2) is 0 Å². The number of hydrogen-bond donors (Lipinski definition) is 3. The average Bonchev–Trinajstić information content (AvgIpc) is 2.82. The third kappa shape index (κ3) is 8.45. The Morgan fingerprint density at radius 3 is 2.58 bits per heavy atom. The highest BCUT2D eigenvalue weighted by atomic mass is 16.4. The van der Waals surface area contributed by atoms with Crippen LogP contribution in [0.15, 0.2) is 12.2 Å². The van der Waals surface area contributed by atoms with Crippen molar-refractivity contribution in [2.24, 2.45) is 11.8 Å². The fourth-order valence-corrected chi connectivity index (χ4v) is 3.72. The molecule has 0 spiro atoms. The average molecular weight is 369 g/mol. The van der Waals surface area contributed by atoms with Crippen LogP contribution in [0.25, 0.3) is 0 Å². The van der Waals surface area contributed by atoms with E-state index in [4.69, 9.17) is 5.11 Å². The van der Waals surface area contributed by atoms with E-state index in [0.29, 0.717) is 12.8 Å². The van der Waals surface area contributed by atoms with Crippen LogP contribution in [0.4, 0.5) is 0 Å². The van der Waals surface area contributed by atoms with Crippen LogP contribution in [-0.2, 0) is 9.59 Å². The van der Waals surface area contributed by atoms with E-state index in [1.54, 1.807) is 0 Å². The molecule has 5 nitrogen and oxygen atoms in total. The molecule has 4 atom stereocenters. The predicted molar refractivity (Wildman–Crippen MR) is 102 cm³/mol. The molecule has 3 N–H and O–H groups in total. The van der Waals surface area contributed by atoms with Crippen molar-refractivity contribution in [1.82, 2.24) is 0 Å². The molecule has 150 valence electrons. The number of carboxylic acid groups (broad SMARTS) is 1. The van der Waals surface area contributed by atoms with Crippen molar-refractivity contribution in [3.05, 3.63) is 12.2 Å². The Balaban J connectivity index is 2.44. The fourth-order valence-electron chi connectivity index (χ4n) is 3.72. The van der Waals surface area contributed by atoms with Crippen molar-refractivity contribution in [1.29, 1.82) is 0 Å². The lowest BCUT2D eigenvalue weighted by Crippen LogP contribution is -2.23. The standard InChI is InChI=1S/C21H36O5/c1-3-4-13-21(2,26)14-9-11-17-16(18(22)15-19(17)23)10-7-5-6-8-12-20(24)25/h9,11,16-17,19,23,26H,3-8,10,12-15H2,1-2H3,(H,24,25)/t16-,17-,19-,21?/m1/s1. The summed E-state index contributed by atoms with van der Waals surface area (Å²) in [5, 5.41) is 29.2. The van der Waals surface area contributed by atoms with Crippen LogP contribution in [0.1, 0.15) is 84.5 Å². The lowest BCUT2D eigenvalue weighted by atomic mass is 9.87. The summed E-state index contributed by atoms with van der Waals surface area (Å²) in [6.45, 7) is 3.93. The first-order valence-corrected chi connectivity index (χ1v) is 10.1. The van der Waals surface area contributed by atoms with Gasteiger partial charge in [0.25, 0.3) is 0 Å². The number of unbranched alkanes of at least 4 members (excludes halogenated alkanes) is 4. The summed E-state index contributed by atoms with van der Waals surface area (Å²) in [5.41, 5.74) is -0.736. The van der Waals surface area contributed by atoms with Gasteiger partial charge in [0, 0.05) is 24.7 Å². The molecule has 0 aliphatic heterocycles. The van der Waals surface area contributed by atoms with Gasteiger partial charge in [-0.05, 0) is 32.6 Å². The Labute approximate surface area is 157 Å². The molecule has 0 aromatic carbocycles. The van der Waals surface area contributed by atoms with Crippen LogP contribution >= 0.6 is 0 Å². The minimum absolute atomic E-state index is 0.121. The molecule has 0 heterocycles. The summed E-state index contributed by atoms with van der Waals surface area (Å²) >= 11 is 0. The molecule has 0 amide bonds. The number of carboxylic acids is 1. The Morgan fingerprint density at radius 1 is 1.23 bits per heavy atom. The molecule has 1 aliphatic rings. The minimum Gasteiger partial charge on any atom is -0.481 e. The van der Waals surface area contributed by atoms with Crippen molar-refractivity contribution in [2.45, 2.75) is 96.2 Å². The Bertz CT molecular complexity index is 469. The molecule has 1 saturated carbocycles. The van der Waals surface area contributed by atoms with Gasteiger partial charge in [-0.25, -0.2) is 0 Å². The van der Waals surface area contributed by atoms with Gasteiger partial charge in [-0.15, -0.1) is 0 Å². The van der Waals surface area contributed by atoms with Gasteiger partial charge in [-0.1, -0.05) is 51.2 Å². The van der Waals surface area contributed by atoms with E-state index in [-0.39, 0.29) is 30.5 Å². The monoisotopic (exact) mass is 368 g/mol. The smallest absolute Gasteiger partial charge is 0.303 e. The van der Waals surface area contributed by atoms with Crippen LogP contribution in [0.5, 0.6) is 0 Å². The van der Waals surface area contributed by atoms with Crippen LogP contribution in [0.3, 0.4) is 0 Å². The maximum absolute atomic E-state index is 12.2. The van der Waals surface area contributed by atoms with Crippen molar-refractivity contribution < 1.29 is 24.9 Å². The molecule has 1 fully saturated rings. The molecule has 1 rings (SSSR count). The highest BCUT2D eigenvalue weighted by Gasteiger charge is 2.39. The maximum Gasteiger partial charge on any atom is 0.303 e. The van der Waals surface area contributed by atoms with Crippen LogP contribution in [0, 0.1) is 11.8 Å². The molecule has 1 aliphatic carbocycles. The van der Waals surface area contributed by atoms with Crippen molar-refractivity contribution >= 4 is 11.8 Å². The van der Waals surface area contributed by atoms with E-state index in [2.05, 4.69) is 6.92 Å². The number of hydrogen-bond acceptors (Lipinski definition) is 4. The molecule has 26 heavy (non-hydrogen) atoms. The SMILES string of the molecule is CCCCC(C)(O)CC=C[C@H]1[C@H](O)CC(=O)[C@@H]1CCCCCCC(=O)O. The number of aliphatic hydroxyl groups is 2. The first-order chi connectivity index (χ1) is 12.3. The first-order valence-electron chi connectivity index (χ1n) is 10.1. The first kappa shape index (κ1) is 22.8.